The zero-order valence-corrected chi connectivity index (χ0v) is 9.40. The van der Waals surface area contributed by atoms with E-state index in [1.165, 1.54) is 0 Å². The van der Waals surface area contributed by atoms with Gasteiger partial charge in [-0.3, -0.25) is 0 Å². The highest BCUT2D eigenvalue weighted by Gasteiger charge is 2.02. The highest BCUT2D eigenvalue weighted by molar-refractivity contribution is 5.67. The second-order valence-corrected chi connectivity index (χ2v) is 3.51. The monoisotopic (exact) mass is 223 g/mol. The maximum absolute atomic E-state index is 11.2. The van der Waals surface area contributed by atoms with Gasteiger partial charge in [-0.05, 0) is 24.5 Å². The van der Waals surface area contributed by atoms with Crippen LogP contribution in [0.2, 0.25) is 0 Å². The van der Waals surface area contributed by atoms with Crippen LogP contribution >= 0.6 is 0 Å². The van der Waals surface area contributed by atoms with Gasteiger partial charge < -0.3 is 15.2 Å². The molecular weight excluding hydrogens is 206 g/mol. The van der Waals surface area contributed by atoms with E-state index in [0.29, 0.717) is 13.0 Å². The Balaban J connectivity index is 2.29. The van der Waals surface area contributed by atoms with Crippen LogP contribution in [0, 0.1) is 6.92 Å². The molecule has 1 rings (SSSR count). The smallest absolute Gasteiger partial charge is 0.407 e. The highest BCUT2D eigenvalue weighted by atomic mass is 16.5. The lowest BCUT2D eigenvalue weighted by molar-refractivity contribution is 0.138. The minimum absolute atomic E-state index is 0.0675. The molecule has 2 N–H and O–H groups in total. The maximum atomic E-state index is 11.2. The fourth-order valence-electron chi connectivity index (χ4n) is 1.24. The van der Waals surface area contributed by atoms with Crippen LogP contribution < -0.4 is 5.32 Å². The fraction of sp³-hybridized carbons (Fsp3) is 0.417. The van der Waals surface area contributed by atoms with Gasteiger partial charge in [-0.1, -0.05) is 24.3 Å². The van der Waals surface area contributed by atoms with Crippen LogP contribution in [0.3, 0.4) is 0 Å². The Hall–Kier alpha value is -1.55. The van der Waals surface area contributed by atoms with Crippen molar-refractivity contribution in [2.24, 2.45) is 0 Å². The minimum Gasteiger partial charge on any atom is -0.445 e. The lowest BCUT2D eigenvalue weighted by Gasteiger charge is -2.08. The molecule has 0 unspecified atom stereocenters. The van der Waals surface area contributed by atoms with Gasteiger partial charge in [-0.2, -0.15) is 0 Å². The van der Waals surface area contributed by atoms with Crippen molar-refractivity contribution in [3.8, 4) is 0 Å². The first kappa shape index (κ1) is 12.5. The summed E-state index contributed by atoms with van der Waals surface area (Å²) in [7, 11) is 0. The van der Waals surface area contributed by atoms with Crippen LogP contribution in [0.15, 0.2) is 24.3 Å². The second-order valence-electron chi connectivity index (χ2n) is 3.51. The Morgan fingerprint density at radius 2 is 2.19 bits per heavy atom. The Labute approximate surface area is 95.2 Å². The van der Waals surface area contributed by atoms with Crippen LogP contribution in [0.25, 0.3) is 0 Å². The molecule has 0 radical (unpaired) electrons. The van der Waals surface area contributed by atoms with Crippen molar-refractivity contribution in [3.05, 3.63) is 35.4 Å². The lowest BCUT2D eigenvalue weighted by Crippen LogP contribution is -2.25. The highest BCUT2D eigenvalue weighted by Crippen LogP contribution is 2.07. The number of aliphatic hydroxyl groups is 1. The normalized spacial score (nSPS) is 9.88. The molecule has 0 aliphatic rings. The van der Waals surface area contributed by atoms with E-state index in [-0.39, 0.29) is 13.2 Å². The van der Waals surface area contributed by atoms with Crippen molar-refractivity contribution in [3.63, 3.8) is 0 Å². The fourth-order valence-corrected chi connectivity index (χ4v) is 1.24. The Morgan fingerprint density at radius 1 is 1.44 bits per heavy atom. The van der Waals surface area contributed by atoms with E-state index in [1.807, 2.05) is 31.2 Å². The van der Waals surface area contributed by atoms with Crippen molar-refractivity contribution in [1.29, 1.82) is 0 Å². The number of carbonyl (C=O) groups excluding carboxylic acids is 1. The zero-order valence-electron chi connectivity index (χ0n) is 9.40. The second kappa shape index (κ2) is 6.85. The third-order valence-electron chi connectivity index (χ3n) is 2.22. The Morgan fingerprint density at radius 3 is 2.88 bits per heavy atom. The van der Waals surface area contributed by atoms with E-state index in [2.05, 4.69) is 5.32 Å². The summed E-state index contributed by atoms with van der Waals surface area (Å²) in [5.41, 5.74) is 2.10. The van der Waals surface area contributed by atoms with Gasteiger partial charge in [0.1, 0.15) is 6.61 Å². The number of rotatable bonds is 5. The largest absolute Gasteiger partial charge is 0.445 e. The standard InChI is InChI=1S/C12H17NO3/c1-10-5-2-3-6-11(10)9-16-12(15)13-7-4-8-14/h2-3,5-6,14H,4,7-9H2,1H3,(H,13,15). The van der Waals surface area contributed by atoms with Crippen molar-refractivity contribution in [2.75, 3.05) is 13.2 Å². The predicted octanol–water partition coefficient (Wildman–Crippen LogP) is 1.60. The molecule has 0 heterocycles. The van der Waals surface area contributed by atoms with Crippen LogP contribution in [-0.4, -0.2) is 24.4 Å². The number of benzene rings is 1. The van der Waals surface area contributed by atoms with Crippen LogP contribution in [0.4, 0.5) is 4.79 Å². The molecule has 0 aromatic heterocycles. The molecule has 4 nitrogen and oxygen atoms in total. The van der Waals surface area contributed by atoms with E-state index in [9.17, 15) is 4.79 Å². The van der Waals surface area contributed by atoms with E-state index < -0.39 is 6.09 Å². The van der Waals surface area contributed by atoms with Gasteiger partial charge in [0.2, 0.25) is 0 Å². The van der Waals surface area contributed by atoms with Gasteiger partial charge in [0.15, 0.2) is 0 Å². The third kappa shape index (κ3) is 4.31. The topological polar surface area (TPSA) is 58.6 Å². The van der Waals surface area contributed by atoms with Gasteiger partial charge in [-0.15, -0.1) is 0 Å². The van der Waals surface area contributed by atoms with Crippen molar-refractivity contribution in [2.45, 2.75) is 20.0 Å². The molecule has 0 aliphatic heterocycles. The summed E-state index contributed by atoms with van der Waals surface area (Å²) in [6.07, 6.45) is 0.0936. The van der Waals surface area contributed by atoms with Crippen LogP contribution in [0.1, 0.15) is 17.5 Å². The molecule has 1 aromatic carbocycles. The van der Waals surface area contributed by atoms with Gasteiger partial charge in [0.25, 0.3) is 0 Å². The number of ether oxygens (including phenoxy) is 1. The van der Waals surface area contributed by atoms with Gasteiger partial charge >= 0.3 is 6.09 Å². The summed E-state index contributed by atoms with van der Waals surface area (Å²) in [5.74, 6) is 0. The summed E-state index contributed by atoms with van der Waals surface area (Å²) in [6.45, 7) is 2.75. The summed E-state index contributed by atoms with van der Waals surface area (Å²) >= 11 is 0. The first-order valence-electron chi connectivity index (χ1n) is 5.30. The first-order valence-corrected chi connectivity index (χ1v) is 5.30. The summed E-state index contributed by atoms with van der Waals surface area (Å²) in [6, 6.07) is 7.76. The van der Waals surface area contributed by atoms with Gasteiger partial charge in [0, 0.05) is 13.2 Å². The quantitative estimate of drug-likeness (QED) is 0.745. The van der Waals surface area contributed by atoms with Crippen LogP contribution in [-0.2, 0) is 11.3 Å². The molecule has 1 amide bonds. The average Bonchev–Trinajstić information content (AvgIpc) is 2.28. The Kier molecular flexibility index (Phi) is 5.36. The average molecular weight is 223 g/mol. The number of hydrogen-bond donors (Lipinski definition) is 2. The lowest BCUT2D eigenvalue weighted by atomic mass is 10.1. The van der Waals surface area contributed by atoms with Crippen molar-refractivity contribution >= 4 is 6.09 Å². The number of alkyl carbamates (subject to hydrolysis) is 1. The molecular formula is C12H17NO3. The molecule has 0 aliphatic carbocycles. The van der Waals surface area contributed by atoms with Crippen molar-refractivity contribution < 1.29 is 14.6 Å². The first-order chi connectivity index (χ1) is 7.74. The van der Waals surface area contributed by atoms with Gasteiger partial charge in [0.05, 0.1) is 0 Å². The van der Waals surface area contributed by atoms with Crippen LogP contribution in [0.5, 0.6) is 0 Å². The van der Waals surface area contributed by atoms with Crippen molar-refractivity contribution in [1.82, 2.24) is 5.32 Å². The molecule has 16 heavy (non-hydrogen) atoms. The molecule has 1 aromatic rings. The Bertz CT molecular complexity index is 339. The SMILES string of the molecule is Cc1ccccc1COC(=O)NCCCO. The number of aliphatic hydroxyl groups excluding tert-OH is 1. The number of hydrogen-bond acceptors (Lipinski definition) is 3. The van der Waals surface area contributed by atoms with E-state index in [4.69, 9.17) is 9.84 Å². The molecule has 0 saturated carbocycles. The van der Waals surface area contributed by atoms with E-state index in [0.717, 1.165) is 11.1 Å². The summed E-state index contributed by atoms with van der Waals surface area (Å²) < 4.78 is 5.02. The molecule has 0 bridgehead atoms. The molecule has 4 heteroatoms. The number of carbonyl (C=O) groups is 1. The summed E-state index contributed by atoms with van der Waals surface area (Å²) in [5, 5.41) is 11.1. The molecule has 0 fully saturated rings. The molecule has 0 saturated heterocycles. The maximum Gasteiger partial charge on any atom is 0.407 e. The molecule has 0 atom stereocenters. The van der Waals surface area contributed by atoms with E-state index >= 15 is 0 Å². The summed E-state index contributed by atoms with van der Waals surface area (Å²) in [4.78, 5) is 11.2. The molecule has 88 valence electrons. The minimum atomic E-state index is -0.447. The number of amides is 1. The van der Waals surface area contributed by atoms with E-state index in [1.54, 1.807) is 0 Å². The third-order valence-corrected chi connectivity index (χ3v) is 2.22. The molecule has 0 spiro atoms. The predicted molar refractivity (Wildman–Crippen MR) is 61.1 cm³/mol. The zero-order chi connectivity index (χ0) is 11.8. The van der Waals surface area contributed by atoms with Gasteiger partial charge in [-0.25, -0.2) is 4.79 Å². The number of nitrogens with one attached hydrogen (secondary N) is 1. The number of aryl methyl sites for hydroxylation is 1.